The van der Waals surface area contributed by atoms with E-state index in [9.17, 15) is 0 Å². The molecule has 4 heteroatoms. The van der Waals surface area contributed by atoms with Gasteiger partial charge in [-0.15, -0.1) is 0 Å². The average Bonchev–Trinajstić information content (AvgIpc) is 2.64. The van der Waals surface area contributed by atoms with E-state index in [1.54, 1.807) is 0 Å². The van der Waals surface area contributed by atoms with Crippen molar-refractivity contribution >= 4 is 0 Å². The lowest BCUT2D eigenvalue weighted by Gasteiger charge is -2.25. The van der Waals surface area contributed by atoms with Gasteiger partial charge in [0.2, 0.25) is 0 Å². The van der Waals surface area contributed by atoms with E-state index in [-0.39, 0.29) is 0 Å². The van der Waals surface area contributed by atoms with Crippen molar-refractivity contribution in [2.24, 2.45) is 13.0 Å². The highest BCUT2D eigenvalue weighted by molar-refractivity contribution is 5.10. The summed E-state index contributed by atoms with van der Waals surface area (Å²) in [7, 11) is 6.26. The molecule has 1 N–H and O–H groups in total. The maximum atomic E-state index is 4.48. The van der Waals surface area contributed by atoms with Gasteiger partial charge >= 0.3 is 0 Å². The zero-order chi connectivity index (χ0) is 13.7. The third-order valence-electron chi connectivity index (χ3n) is 3.30. The first-order valence-electron chi connectivity index (χ1n) is 6.84. The molecular weight excluding hydrogens is 224 g/mol. The number of likely N-dealkylation sites (N-methyl/N-ethyl adjacent to an activating group) is 1. The number of hydrogen-bond donors (Lipinski definition) is 1. The van der Waals surface area contributed by atoms with Gasteiger partial charge in [0.25, 0.3) is 0 Å². The summed E-state index contributed by atoms with van der Waals surface area (Å²) in [4.78, 5) is 2.23. The van der Waals surface area contributed by atoms with Gasteiger partial charge in [-0.3, -0.25) is 4.68 Å². The molecule has 1 atom stereocenters. The zero-order valence-electron chi connectivity index (χ0n) is 12.7. The lowest BCUT2D eigenvalue weighted by Crippen LogP contribution is -2.41. The van der Waals surface area contributed by atoms with Gasteiger partial charge < -0.3 is 10.2 Å². The van der Waals surface area contributed by atoms with E-state index in [0.29, 0.717) is 12.0 Å². The molecule has 0 amide bonds. The smallest absolute Gasteiger partial charge is 0.0625 e. The monoisotopic (exact) mass is 252 g/mol. The molecule has 1 unspecified atom stereocenters. The quantitative estimate of drug-likeness (QED) is 0.801. The molecule has 0 radical (unpaired) electrons. The minimum absolute atomic E-state index is 0.514. The fourth-order valence-corrected chi connectivity index (χ4v) is 2.05. The summed E-state index contributed by atoms with van der Waals surface area (Å²) in [6, 6.07) is 2.71. The lowest BCUT2D eigenvalue weighted by atomic mass is 10.0. The van der Waals surface area contributed by atoms with Crippen molar-refractivity contribution in [2.75, 3.05) is 20.6 Å². The zero-order valence-corrected chi connectivity index (χ0v) is 12.7. The van der Waals surface area contributed by atoms with Gasteiger partial charge in [-0.1, -0.05) is 20.8 Å². The van der Waals surface area contributed by atoms with Crippen molar-refractivity contribution in [2.45, 2.75) is 39.8 Å². The van der Waals surface area contributed by atoms with Crippen molar-refractivity contribution in [3.05, 3.63) is 17.5 Å². The van der Waals surface area contributed by atoms with Crippen LogP contribution in [0, 0.1) is 5.92 Å². The first-order chi connectivity index (χ1) is 8.43. The molecule has 0 spiro atoms. The molecule has 0 aliphatic carbocycles. The normalized spacial score (nSPS) is 13.6. The van der Waals surface area contributed by atoms with Crippen LogP contribution in [0.2, 0.25) is 0 Å². The van der Waals surface area contributed by atoms with Gasteiger partial charge in [0.1, 0.15) is 0 Å². The van der Waals surface area contributed by atoms with Crippen LogP contribution >= 0.6 is 0 Å². The molecule has 104 valence electrons. The van der Waals surface area contributed by atoms with Gasteiger partial charge in [-0.05, 0) is 32.5 Å². The second kappa shape index (κ2) is 6.90. The Morgan fingerprint density at radius 3 is 2.50 bits per heavy atom. The van der Waals surface area contributed by atoms with E-state index in [2.05, 4.69) is 56.2 Å². The van der Waals surface area contributed by atoms with Crippen LogP contribution in [0.25, 0.3) is 0 Å². The molecule has 0 bridgehead atoms. The fourth-order valence-electron chi connectivity index (χ4n) is 2.05. The van der Waals surface area contributed by atoms with E-state index < -0.39 is 0 Å². The lowest BCUT2D eigenvalue weighted by molar-refractivity contribution is 0.286. The molecule has 0 fully saturated rings. The van der Waals surface area contributed by atoms with E-state index in [0.717, 1.165) is 19.5 Å². The Morgan fingerprint density at radius 2 is 2.06 bits per heavy atom. The summed E-state index contributed by atoms with van der Waals surface area (Å²) in [5, 5.41) is 8.12. The highest BCUT2D eigenvalue weighted by atomic mass is 15.3. The highest BCUT2D eigenvalue weighted by Gasteiger charge is 2.14. The second-order valence-electron chi connectivity index (χ2n) is 5.60. The van der Waals surface area contributed by atoms with Gasteiger partial charge in [-0.2, -0.15) is 5.10 Å². The third-order valence-corrected chi connectivity index (χ3v) is 3.30. The van der Waals surface area contributed by atoms with Crippen molar-refractivity contribution in [1.82, 2.24) is 20.0 Å². The molecule has 1 aromatic rings. The Balaban J connectivity index is 2.58. The van der Waals surface area contributed by atoms with Crippen LogP contribution in [0.15, 0.2) is 6.07 Å². The first kappa shape index (κ1) is 15.2. The Morgan fingerprint density at radius 1 is 1.39 bits per heavy atom. The molecule has 0 aliphatic heterocycles. The number of aryl methyl sites for hydroxylation is 2. The number of hydrogen-bond acceptors (Lipinski definition) is 3. The van der Waals surface area contributed by atoms with Crippen LogP contribution in [0.5, 0.6) is 0 Å². The molecule has 18 heavy (non-hydrogen) atoms. The standard InChI is InChI=1S/C14H28N4/c1-7-12-8-13(18(6)16-12)9-15-14(11(2)3)10-17(4)5/h8,11,14-15H,7,9-10H2,1-6H3. The van der Waals surface area contributed by atoms with Gasteiger partial charge in [0.15, 0.2) is 0 Å². The third kappa shape index (κ3) is 4.42. The van der Waals surface area contributed by atoms with Crippen LogP contribution in [-0.2, 0) is 20.0 Å². The molecule has 0 saturated heterocycles. The van der Waals surface area contributed by atoms with Crippen LogP contribution < -0.4 is 5.32 Å². The van der Waals surface area contributed by atoms with Crippen molar-refractivity contribution < 1.29 is 0 Å². The Labute approximate surface area is 111 Å². The number of aromatic nitrogens is 2. The summed E-state index contributed by atoms with van der Waals surface area (Å²) < 4.78 is 1.98. The second-order valence-corrected chi connectivity index (χ2v) is 5.60. The molecular formula is C14H28N4. The van der Waals surface area contributed by atoms with E-state index in [1.807, 2.05) is 11.7 Å². The molecule has 1 aromatic heterocycles. The number of nitrogens with one attached hydrogen (secondary N) is 1. The minimum atomic E-state index is 0.514. The summed E-state index contributed by atoms with van der Waals surface area (Å²) in [6.07, 6.45) is 0.999. The molecule has 0 saturated carbocycles. The van der Waals surface area contributed by atoms with Crippen LogP contribution in [0.3, 0.4) is 0 Å². The molecule has 0 aromatic carbocycles. The predicted octanol–water partition coefficient (Wildman–Crippen LogP) is 1.66. The van der Waals surface area contributed by atoms with Gasteiger partial charge in [-0.25, -0.2) is 0 Å². The Kier molecular flexibility index (Phi) is 5.82. The molecule has 4 nitrogen and oxygen atoms in total. The van der Waals surface area contributed by atoms with E-state index >= 15 is 0 Å². The molecule has 1 rings (SSSR count). The molecule has 1 heterocycles. The Hall–Kier alpha value is -0.870. The SMILES string of the molecule is CCc1cc(CNC(CN(C)C)C(C)C)n(C)n1. The largest absolute Gasteiger partial charge is 0.308 e. The van der Waals surface area contributed by atoms with E-state index in [1.165, 1.54) is 11.4 Å². The number of nitrogens with zero attached hydrogens (tertiary/aromatic N) is 3. The van der Waals surface area contributed by atoms with E-state index in [4.69, 9.17) is 0 Å². The topological polar surface area (TPSA) is 33.1 Å². The summed E-state index contributed by atoms with van der Waals surface area (Å²) in [6.45, 7) is 8.63. The summed E-state index contributed by atoms with van der Waals surface area (Å²) in [5.74, 6) is 0.631. The maximum absolute atomic E-state index is 4.48. The number of rotatable bonds is 7. The fraction of sp³-hybridized carbons (Fsp3) is 0.786. The van der Waals surface area contributed by atoms with Gasteiger partial charge in [0, 0.05) is 26.2 Å². The molecule has 0 aliphatic rings. The van der Waals surface area contributed by atoms with Gasteiger partial charge in [0.05, 0.1) is 11.4 Å². The minimum Gasteiger partial charge on any atom is -0.308 e. The van der Waals surface area contributed by atoms with Crippen LogP contribution in [0.4, 0.5) is 0 Å². The van der Waals surface area contributed by atoms with Crippen LogP contribution in [0.1, 0.15) is 32.2 Å². The Bertz CT molecular complexity index is 355. The average molecular weight is 252 g/mol. The van der Waals surface area contributed by atoms with Crippen molar-refractivity contribution in [3.63, 3.8) is 0 Å². The highest BCUT2D eigenvalue weighted by Crippen LogP contribution is 2.07. The van der Waals surface area contributed by atoms with Crippen molar-refractivity contribution in [3.8, 4) is 0 Å². The summed E-state index contributed by atoms with van der Waals surface area (Å²) >= 11 is 0. The maximum Gasteiger partial charge on any atom is 0.0625 e. The van der Waals surface area contributed by atoms with Crippen LogP contribution in [-0.4, -0.2) is 41.4 Å². The summed E-state index contributed by atoms with van der Waals surface area (Å²) in [5.41, 5.74) is 2.43. The first-order valence-corrected chi connectivity index (χ1v) is 6.84. The predicted molar refractivity (Wildman–Crippen MR) is 76.6 cm³/mol. The van der Waals surface area contributed by atoms with Crippen molar-refractivity contribution in [1.29, 1.82) is 0 Å².